The first-order chi connectivity index (χ1) is 12.1. The molecule has 0 bridgehead atoms. The lowest BCUT2D eigenvalue weighted by Crippen LogP contribution is -2.30. The topological polar surface area (TPSA) is 80.0 Å². The molecule has 1 aromatic carbocycles. The summed E-state index contributed by atoms with van der Waals surface area (Å²) >= 11 is 0. The normalized spacial score (nSPS) is 10.5. The quantitative estimate of drug-likeness (QED) is 0.744. The van der Waals surface area contributed by atoms with E-state index in [1.54, 1.807) is 6.20 Å². The number of nitrogens with zero attached hydrogens (tertiary/aromatic N) is 2. The summed E-state index contributed by atoms with van der Waals surface area (Å²) < 4.78 is 5.63. The first-order valence-electron chi connectivity index (χ1n) is 8.11. The lowest BCUT2D eigenvalue weighted by Gasteiger charge is -2.08. The van der Waals surface area contributed by atoms with Gasteiger partial charge in [-0.05, 0) is 44.2 Å². The van der Waals surface area contributed by atoms with E-state index in [1.165, 1.54) is 0 Å². The van der Waals surface area contributed by atoms with Gasteiger partial charge in [0.15, 0.2) is 0 Å². The van der Waals surface area contributed by atoms with Crippen LogP contribution in [0, 0.1) is 13.8 Å². The van der Waals surface area contributed by atoms with Crippen LogP contribution >= 0.6 is 0 Å². The van der Waals surface area contributed by atoms with Crippen molar-refractivity contribution in [1.29, 1.82) is 0 Å². The molecule has 2 aromatic heterocycles. The van der Waals surface area contributed by atoms with E-state index in [-0.39, 0.29) is 6.03 Å². The molecule has 2 amide bonds. The maximum absolute atomic E-state index is 12.0. The van der Waals surface area contributed by atoms with Crippen molar-refractivity contribution in [2.45, 2.75) is 20.3 Å². The summed E-state index contributed by atoms with van der Waals surface area (Å²) in [6.07, 6.45) is 2.43. The molecule has 2 N–H and O–H groups in total. The van der Waals surface area contributed by atoms with E-state index in [9.17, 15) is 4.79 Å². The number of amides is 2. The number of carbonyl (C=O) groups excluding carboxylic acids is 1. The molecule has 6 heteroatoms. The molecule has 0 unspecified atom stereocenters. The zero-order valence-corrected chi connectivity index (χ0v) is 14.2. The van der Waals surface area contributed by atoms with Gasteiger partial charge in [-0.3, -0.25) is 4.98 Å². The number of carbonyl (C=O) groups is 1. The van der Waals surface area contributed by atoms with Gasteiger partial charge in [0.2, 0.25) is 5.89 Å². The average molecular weight is 336 g/mol. The molecule has 0 aliphatic rings. The van der Waals surface area contributed by atoms with E-state index in [2.05, 4.69) is 20.6 Å². The molecule has 0 aliphatic heterocycles. The Bertz CT molecular complexity index is 839. The Morgan fingerprint density at radius 1 is 1.16 bits per heavy atom. The highest BCUT2D eigenvalue weighted by Crippen LogP contribution is 2.23. The minimum atomic E-state index is -0.257. The molecule has 0 aliphatic carbocycles. The fraction of sp³-hybridized carbons (Fsp3) is 0.211. The molecular formula is C19H20N4O2. The van der Waals surface area contributed by atoms with Gasteiger partial charge in [0.25, 0.3) is 0 Å². The van der Waals surface area contributed by atoms with E-state index in [0.29, 0.717) is 24.5 Å². The molecule has 6 nitrogen and oxygen atoms in total. The van der Waals surface area contributed by atoms with Gasteiger partial charge in [-0.15, -0.1) is 0 Å². The highest BCUT2D eigenvalue weighted by Gasteiger charge is 2.09. The first kappa shape index (κ1) is 16.7. The highest BCUT2D eigenvalue weighted by atomic mass is 16.4. The third-order valence-corrected chi connectivity index (χ3v) is 3.79. The summed E-state index contributed by atoms with van der Waals surface area (Å²) in [5, 5.41) is 5.64. The number of aromatic nitrogens is 2. The van der Waals surface area contributed by atoms with Crippen LogP contribution in [0.1, 0.15) is 17.1 Å². The zero-order valence-electron chi connectivity index (χ0n) is 14.2. The molecule has 0 spiro atoms. The van der Waals surface area contributed by atoms with Crippen molar-refractivity contribution in [3.05, 3.63) is 65.8 Å². The lowest BCUT2D eigenvalue weighted by atomic mass is 10.2. The fourth-order valence-corrected chi connectivity index (χ4v) is 2.35. The van der Waals surface area contributed by atoms with Crippen LogP contribution in [0.4, 0.5) is 10.5 Å². The summed E-state index contributed by atoms with van der Waals surface area (Å²) in [7, 11) is 0. The molecule has 0 saturated carbocycles. The summed E-state index contributed by atoms with van der Waals surface area (Å²) in [6.45, 7) is 4.29. The summed E-state index contributed by atoms with van der Waals surface area (Å²) in [5.74, 6) is 1.34. The van der Waals surface area contributed by atoms with Gasteiger partial charge in [-0.25, -0.2) is 9.78 Å². The molecule has 0 saturated heterocycles. The number of urea groups is 1. The molecule has 0 atom stereocenters. The predicted octanol–water partition coefficient (Wildman–Crippen LogP) is 3.72. The van der Waals surface area contributed by atoms with Gasteiger partial charge < -0.3 is 15.1 Å². The molecule has 3 aromatic rings. The number of nitrogens with one attached hydrogen (secondary N) is 2. The van der Waals surface area contributed by atoms with E-state index in [1.807, 2.05) is 56.3 Å². The number of rotatable bonds is 5. The van der Waals surface area contributed by atoms with Crippen LogP contribution in [0.2, 0.25) is 0 Å². The van der Waals surface area contributed by atoms with Crippen LogP contribution in [0.3, 0.4) is 0 Å². The molecular weight excluding hydrogens is 316 g/mol. The third-order valence-electron chi connectivity index (χ3n) is 3.79. The van der Waals surface area contributed by atoms with E-state index in [4.69, 9.17) is 4.42 Å². The highest BCUT2D eigenvalue weighted by molar-refractivity contribution is 5.89. The predicted molar refractivity (Wildman–Crippen MR) is 96.4 cm³/mol. The molecule has 25 heavy (non-hydrogen) atoms. The van der Waals surface area contributed by atoms with Crippen LogP contribution in [-0.2, 0) is 6.42 Å². The monoisotopic (exact) mass is 336 g/mol. The summed E-state index contributed by atoms with van der Waals surface area (Å²) in [5.41, 5.74) is 3.31. The van der Waals surface area contributed by atoms with Gasteiger partial charge in [-0.2, -0.15) is 0 Å². The van der Waals surface area contributed by atoms with Gasteiger partial charge in [-0.1, -0.05) is 12.1 Å². The maximum atomic E-state index is 12.0. The largest absolute Gasteiger partial charge is 0.441 e. The maximum Gasteiger partial charge on any atom is 0.319 e. The molecule has 0 fully saturated rings. The van der Waals surface area contributed by atoms with Crippen molar-refractivity contribution in [2.75, 3.05) is 11.9 Å². The number of hydrogen-bond acceptors (Lipinski definition) is 4. The van der Waals surface area contributed by atoms with Crippen molar-refractivity contribution in [2.24, 2.45) is 0 Å². The van der Waals surface area contributed by atoms with Gasteiger partial charge in [0.1, 0.15) is 5.76 Å². The van der Waals surface area contributed by atoms with Gasteiger partial charge in [0.05, 0.1) is 5.69 Å². The number of anilines is 1. The minimum Gasteiger partial charge on any atom is -0.441 e. The van der Waals surface area contributed by atoms with E-state index >= 15 is 0 Å². The average Bonchev–Trinajstić information content (AvgIpc) is 2.95. The Balaban J connectivity index is 1.57. The van der Waals surface area contributed by atoms with Crippen LogP contribution in [-0.4, -0.2) is 22.5 Å². The minimum absolute atomic E-state index is 0.257. The van der Waals surface area contributed by atoms with Crippen molar-refractivity contribution in [3.63, 3.8) is 0 Å². The zero-order chi connectivity index (χ0) is 17.6. The number of benzene rings is 1. The molecule has 0 radical (unpaired) electrons. The second-order valence-corrected chi connectivity index (χ2v) is 5.69. The van der Waals surface area contributed by atoms with E-state index < -0.39 is 0 Å². The van der Waals surface area contributed by atoms with Gasteiger partial charge >= 0.3 is 6.03 Å². The van der Waals surface area contributed by atoms with E-state index in [0.717, 1.165) is 22.7 Å². The second-order valence-electron chi connectivity index (χ2n) is 5.69. The lowest BCUT2D eigenvalue weighted by molar-refractivity contribution is 0.252. The van der Waals surface area contributed by atoms with Crippen molar-refractivity contribution in [3.8, 4) is 11.5 Å². The molecule has 2 heterocycles. The number of pyridine rings is 1. The third kappa shape index (κ3) is 4.44. The first-order valence-corrected chi connectivity index (χ1v) is 8.11. The number of oxazole rings is 1. The van der Waals surface area contributed by atoms with Crippen molar-refractivity contribution < 1.29 is 9.21 Å². The van der Waals surface area contributed by atoms with Gasteiger partial charge in [0, 0.05) is 36.1 Å². The Labute approximate surface area is 146 Å². The SMILES string of the molecule is Cc1nc(-c2cccc(NC(=O)NCCc3ccccn3)c2)oc1C. The summed E-state index contributed by atoms with van der Waals surface area (Å²) in [6, 6.07) is 12.9. The Hall–Kier alpha value is -3.15. The fourth-order valence-electron chi connectivity index (χ4n) is 2.35. The smallest absolute Gasteiger partial charge is 0.319 e. The van der Waals surface area contributed by atoms with Crippen LogP contribution in [0.5, 0.6) is 0 Å². The Kier molecular flexibility index (Phi) is 5.09. The second kappa shape index (κ2) is 7.61. The molecule has 3 rings (SSSR count). The number of aryl methyl sites for hydroxylation is 2. The van der Waals surface area contributed by atoms with Crippen LogP contribution in [0.15, 0.2) is 53.1 Å². The number of hydrogen-bond donors (Lipinski definition) is 2. The standard InChI is InChI=1S/C19H20N4O2/c1-13-14(2)25-18(22-13)15-6-5-8-17(12-15)23-19(24)21-11-9-16-7-3-4-10-20-16/h3-8,10,12H,9,11H2,1-2H3,(H2,21,23,24). The Morgan fingerprint density at radius 2 is 2.04 bits per heavy atom. The van der Waals surface area contributed by atoms with Crippen LogP contribution in [0.25, 0.3) is 11.5 Å². The summed E-state index contributed by atoms with van der Waals surface area (Å²) in [4.78, 5) is 20.6. The van der Waals surface area contributed by atoms with Crippen molar-refractivity contribution >= 4 is 11.7 Å². The molecule has 128 valence electrons. The van der Waals surface area contributed by atoms with Crippen LogP contribution < -0.4 is 10.6 Å². The Morgan fingerprint density at radius 3 is 2.76 bits per heavy atom. The van der Waals surface area contributed by atoms with Crippen molar-refractivity contribution in [1.82, 2.24) is 15.3 Å².